The number of nitrogens with one attached hydrogen (secondary N) is 1. The van der Waals surface area contributed by atoms with Gasteiger partial charge in [-0.3, -0.25) is 4.79 Å². The standard InChI is InChI=1S/C14H16ClN5O4S3/c15-10-2-1-9(17-12(21)8-25-14-19-18-13(16)26-14)7-11(10)27(22,23)20-3-5-24-6-4-20/h1-2,7H,3-6,8H2,(H2,16,18)(H,17,21). The molecule has 0 aliphatic carbocycles. The van der Waals surface area contributed by atoms with Gasteiger partial charge in [0.2, 0.25) is 21.1 Å². The van der Waals surface area contributed by atoms with Gasteiger partial charge in [-0.1, -0.05) is 34.7 Å². The largest absolute Gasteiger partial charge is 0.379 e. The summed E-state index contributed by atoms with van der Waals surface area (Å²) in [6, 6.07) is 4.36. The molecule has 1 aliphatic rings. The molecule has 1 saturated heterocycles. The molecule has 2 aromatic rings. The molecule has 0 atom stereocenters. The average molecular weight is 450 g/mol. The van der Waals surface area contributed by atoms with Gasteiger partial charge in [-0.05, 0) is 18.2 Å². The number of carbonyl (C=O) groups is 1. The molecule has 0 saturated carbocycles. The monoisotopic (exact) mass is 449 g/mol. The minimum atomic E-state index is -3.77. The minimum Gasteiger partial charge on any atom is -0.379 e. The summed E-state index contributed by atoms with van der Waals surface area (Å²) >= 11 is 8.48. The molecule has 3 rings (SSSR count). The van der Waals surface area contributed by atoms with Crippen LogP contribution in [0.4, 0.5) is 10.8 Å². The van der Waals surface area contributed by atoms with Gasteiger partial charge in [0.15, 0.2) is 4.34 Å². The van der Waals surface area contributed by atoms with E-state index in [2.05, 4.69) is 15.5 Å². The smallest absolute Gasteiger partial charge is 0.244 e. The van der Waals surface area contributed by atoms with Gasteiger partial charge in [0.25, 0.3) is 0 Å². The van der Waals surface area contributed by atoms with E-state index in [0.29, 0.717) is 28.4 Å². The number of halogens is 1. The third kappa shape index (κ3) is 5.09. The number of nitrogen functional groups attached to an aromatic ring is 1. The predicted molar refractivity (Wildman–Crippen MR) is 105 cm³/mol. The number of hydrogen-bond donors (Lipinski definition) is 2. The van der Waals surface area contributed by atoms with E-state index < -0.39 is 10.0 Å². The average Bonchev–Trinajstić information content (AvgIpc) is 3.07. The summed E-state index contributed by atoms with van der Waals surface area (Å²) in [7, 11) is -3.77. The summed E-state index contributed by atoms with van der Waals surface area (Å²) < 4.78 is 32.7. The highest BCUT2D eigenvalue weighted by molar-refractivity contribution is 8.01. The van der Waals surface area contributed by atoms with Crippen LogP contribution in [0.25, 0.3) is 0 Å². The maximum Gasteiger partial charge on any atom is 0.244 e. The Hall–Kier alpha value is -1.44. The van der Waals surface area contributed by atoms with Crippen LogP contribution in [0.5, 0.6) is 0 Å². The zero-order valence-electron chi connectivity index (χ0n) is 13.9. The first-order chi connectivity index (χ1) is 12.9. The second-order valence-corrected chi connectivity index (χ2v) is 9.95. The van der Waals surface area contributed by atoms with Gasteiger partial charge in [0.05, 0.1) is 24.0 Å². The molecule has 0 radical (unpaired) electrons. The van der Waals surface area contributed by atoms with Gasteiger partial charge < -0.3 is 15.8 Å². The molecule has 1 fully saturated rings. The van der Waals surface area contributed by atoms with Crippen LogP contribution in [-0.2, 0) is 19.6 Å². The number of rotatable bonds is 6. The van der Waals surface area contributed by atoms with Crippen molar-refractivity contribution in [1.82, 2.24) is 14.5 Å². The first-order valence-electron chi connectivity index (χ1n) is 7.75. The molecule has 9 nitrogen and oxygen atoms in total. The molecule has 146 valence electrons. The summed E-state index contributed by atoms with van der Waals surface area (Å²) in [5, 5.41) is 10.6. The number of aromatic nitrogens is 2. The van der Waals surface area contributed by atoms with Crippen molar-refractivity contribution in [3.63, 3.8) is 0 Å². The molecule has 0 spiro atoms. The summed E-state index contributed by atoms with van der Waals surface area (Å²) in [6.45, 7) is 1.19. The molecule has 1 aromatic heterocycles. The molecule has 2 heterocycles. The van der Waals surface area contributed by atoms with E-state index in [4.69, 9.17) is 22.1 Å². The highest BCUT2D eigenvalue weighted by Gasteiger charge is 2.28. The molecule has 3 N–H and O–H groups in total. The number of sulfonamides is 1. The molecule has 1 aliphatic heterocycles. The number of ether oxygens (including phenoxy) is 1. The maximum atomic E-state index is 12.8. The normalized spacial score (nSPS) is 15.6. The Balaban J connectivity index is 1.69. The van der Waals surface area contributed by atoms with Gasteiger partial charge in [0, 0.05) is 18.8 Å². The van der Waals surface area contributed by atoms with Gasteiger partial charge >= 0.3 is 0 Å². The van der Waals surface area contributed by atoms with Crippen LogP contribution in [0.3, 0.4) is 0 Å². The Bertz CT molecular complexity index is 931. The van der Waals surface area contributed by atoms with Gasteiger partial charge in [-0.25, -0.2) is 8.42 Å². The topological polar surface area (TPSA) is 128 Å². The first kappa shape index (κ1) is 20.3. The van der Waals surface area contributed by atoms with E-state index in [-0.39, 0.29) is 34.7 Å². The van der Waals surface area contributed by atoms with Crippen LogP contribution in [0.15, 0.2) is 27.4 Å². The van der Waals surface area contributed by atoms with E-state index in [1.165, 1.54) is 39.5 Å². The van der Waals surface area contributed by atoms with Gasteiger partial charge in [-0.2, -0.15) is 4.31 Å². The highest BCUT2D eigenvalue weighted by atomic mass is 35.5. The fraction of sp³-hybridized carbons (Fsp3) is 0.357. The number of morpholine rings is 1. The van der Waals surface area contributed by atoms with Crippen molar-refractivity contribution in [1.29, 1.82) is 0 Å². The van der Waals surface area contributed by atoms with Crippen molar-refractivity contribution in [2.75, 3.05) is 43.1 Å². The van der Waals surface area contributed by atoms with Crippen LogP contribution in [0.1, 0.15) is 0 Å². The van der Waals surface area contributed by atoms with Crippen molar-refractivity contribution in [2.45, 2.75) is 9.24 Å². The molecule has 0 bridgehead atoms. The Morgan fingerprint density at radius 1 is 1.37 bits per heavy atom. The quantitative estimate of drug-likeness (QED) is 0.635. The van der Waals surface area contributed by atoms with E-state index >= 15 is 0 Å². The molecule has 27 heavy (non-hydrogen) atoms. The van der Waals surface area contributed by atoms with E-state index in [1.807, 2.05) is 0 Å². The molecule has 1 aromatic carbocycles. The zero-order valence-corrected chi connectivity index (χ0v) is 17.1. The highest BCUT2D eigenvalue weighted by Crippen LogP contribution is 2.29. The van der Waals surface area contributed by atoms with E-state index in [9.17, 15) is 13.2 Å². The summed E-state index contributed by atoms with van der Waals surface area (Å²) in [5.41, 5.74) is 5.83. The van der Waals surface area contributed by atoms with Crippen molar-refractivity contribution in [2.24, 2.45) is 0 Å². The second kappa shape index (κ2) is 8.71. The van der Waals surface area contributed by atoms with Crippen LogP contribution >= 0.6 is 34.7 Å². The van der Waals surface area contributed by atoms with Crippen molar-refractivity contribution in [3.8, 4) is 0 Å². The Kier molecular flexibility index (Phi) is 6.55. The Morgan fingerprint density at radius 2 is 2.11 bits per heavy atom. The van der Waals surface area contributed by atoms with Crippen molar-refractivity contribution < 1.29 is 17.9 Å². The summed E-state index contributed by atoms with van der Waals surface area (Å²) in [6.07, 6.45) is 0. The SMILES string of the molecule is Nc1nnc(SCC(=O)Nc2ccc(Cl)c(S(=O)(=O)N3CCOCC3)c2)s1. The fourth-order valence-electron chi connectivity index (χ4n) is 2.31. The van der Waals surface area contributed by atoms with E-state index in [0.717, 1.165) is 0 Å². The lowest BCUT2D eigenvalue weighted by Crippen LogP contribution is -2.40. The molecule has 0 unspecified atom stereocenters. The number of nitrogens with two attached hydrogens (primary N) is 1. The van der Waals surface area contributed by atoms with Gasteiger partial charge in [-0.15, -0.1) is 10.2 Å². The zero-order chi connectivity index (χ0) is 19.4. The van der Waals surface area contributed by atoms with Crippen molar-refractivity contribution in [3.05, 3.63) is 23.2 Å². The minimum absolute atomic E-state index is 0.0478. The van der Waals surface area contributed by atoms with Crippen LogP contribution in [0, 0.1) is 0 Å². The Morgan fingerprint density at radius 3 is 2.78 bits per heavy atom. The van der Waals surface area contributed by atoms with Crippen LogP contribution in [-0.4, -0.2) is 60.9 Å². The fourth-order valence-corrected chi connectivity index (χ4v) is 5.65. The molecular formula is C14H16ClN5O4S3. The summed E-state index contributed by atoms with van der Waals surface area (Å²) in [5.74, 6) is -0.228. The second-order valence-electron chi connectivity index (χ2n) is 5.40. The number of benzene rings is 1. The molecular weight excluding hydrogens is 434 g/mol. The Labute approximate surface area is 169 Å². The number of nitrogens with zero attached hydrogens (tertiary/aromatic N) is 3. The number of amides is 1. The van der Waals surface area contributed by atoms with Crippen LogP contribution in [0.2, 0.25) is 5.02 Å². The third-order valence-electron chi connectivity index (χ3n) is 3.55. The lowest BCUT2D eigenvalue weighted by molar-refractivity contribution is -0.113. The first-order valence-corrected chi connectivity index (χ1v) is 11.4. The number of carbonyl (C=O) groups excluding carboxylic acids is 1. The van der Waals surface area contributed by atoms with Gasteiger partial charge in [0.1, 0.15) is 4.90 Å². The maximum absolute atomic E-state index is 12.8. The molecule has 1 amide bonds. The predicted octanol–water partition coefficient (Wildman–Crippen LogP) is 1.53. The lowest BCUT2D eigenvalue weighted by Gasteiger charge is -2.26. The summed E-state index contributed by atoms with van der Waals surface area (Å²) in [4.78, 5) is 12.1. The third-order valence-corrected chi connectivity index (χ3v) is 7.82. The van der Waals surface area contributed by atoms with Crippen LogP contribution < -0.4 is 11.1 Å². The van der Waals surface area contributed by atoms with Crippen molar-refractivity contribution >= 4 is 61.4 Å². The number of hydrogen-bond acceptors (Lipinski definition) is 9. The van der Waals surface area contributed by atoms with E-state index in [1.54, 1.807) is 6.07 Å². The lowest BCUT2D eigenvalue weighted by atomic mass is 10.3. The molecule has 13 heteroatoms. The number of thioether (sulfide) groups is 1. The number of anilines is 2.